The van der Waals surface area contributed by atoms with Crippen LogP contribution in [0, 0.1) is 0 Å². The largest absolute Gasteiger partial charge is 0.395 e. The van der Waals surface area contributed by atoms with Gasteiger partial charge in [-0.3, -0.25) is 4.90 Å². The Kier molecular flexibility index (Phi) is 5.88. The number of aliphatic hydroxyl groups excluding tert-OH is 1. The molecule has 1 atom stereocenters. The quantitative estimate of drug-likeness (QED) is 0.805. The predicted molar refractivity (Wildman–Crippen MR) is 74.8 cm³/mol. The van der Waals surface area contributed by atoms with Crippen molar-refractivity contribution in [2.24, 2.45) is 0 Å². The number of alkyl halides is 2. The predicted octanol–water partition coefficient (Wildman–Crippen LogP) is 2.17. The van der Waals surface area contributed by atoms with E-state index in [0.29, 0.717) is 19.1 Å². The lowest BCUT2D eigenvalue weighted by Crippen LogP contribution is -2.38. The monoisotopic (exact) mass is 284 g/mol. The third-order valence-electron chi connectivity index (χ3n) is 3.70. The summed E-state index contributed by atoms with van der Waals surface area (Å²) in [5.74, 6) is 0. The number of nitrogens with one attached hydrogen (secondary N) is 1. The van der Waals surface area contributed by atoms with Crippen molar-refractivity contribution < 1.29 is 13.9 Å². The van der Waals surface area contributed by atoms with Crippen LogP contribution in [-0.4, -0.2) is 42.3 Å². The third-order valence-corrected chi connectivity index (χ3v) is 3.70. The van der Waals surface area contributed by atoms with E-state index in [4.69, 9.17) is 5.11 Å². The van der Waals surface area contributed by atoms with E-state index in [1.807, 2.05) is 0 Å². The van der Waals surface area contributed by atoms with E-state index in [9.17, 15) is 8.78 Å². The van der Waals surface area contributed by atoms with Crippen LogP contribution in [0.1, 0.15) is 30.4 Å². The van der Waals surface area contributed by atoms with Crippen molar-refractivity contribution in [3.8, 4) is 0 Å². The fourth-order valence-electron chi connectivity index (χ4n) is 2.63. The van der Waals surface area contributed by atoms with Crippen LogP contribution in [0.4, 0.5) is 8.78 Å². The highest BCUT2D eigenvalue weighted by Gasteiger charge is 2.18. The van der Waals surface area contributed by atoms with E-state index in [0.717, 1.165) is 25.1 Å². The Balaban J connectivity index is 1.92. The Hall–Kier alpha value is -1.04. The van der Waals surface area contributed by atoms with Crippen molar-refractivity contribution in [2.75, 3.05) is 26.2 Å². The lowest BCUT2D eigenvalue weighted by Gasteiger charge is -2.25. The van der Waals surface area contributed by atoms with Crippen LogP contribution in [0.15, 0.2) is 24.3 Å². The molecule has 0 aromatic heterocycles. The number of aliphatic hydroxyl groups is 1. The molecule has 1 aliphatic heterocycles. The molecule has 2 N–H and O–H groups in total. The van der Waals surface area contributed by atoms with Crippen molar-refractivity contribution >= 4 is 0 Å². The summed E-state index contributed by atoms with van der Waals surface area (Å²) in [7, 11) is 0. The minimum atomic E-state index is -2.42. The van der Waals surface area contributed by atoms with Gasteiger partial charge < -0.3 is 10.4 Å². The number of benzene rings is 1. The number of rotatable bonds is 7. The first-order chi connectivity index (χ1) is 9.69. The van der Waals surface area contributed by atoms with Crippen LogP contribution in [0.2, 0.25) is 0 Å². The highest BCUT2D eigenvalue weighted by Crippen LogP contribution is 2.19. The van der Waals surface area contributed by atoms with E-state index in [-0.39, 0.29) is 12.2 Å². The van der Waals surface area contributed by atoms with Gasteiger partial charge in [-0.15, -0.1) is 0 Å². The van der Waals surface area contributed by atoms with Gasteiger partial charge in [0, 0.05) is 31.2 Å². The standard InChI is InChI=1S/C15H22F2N2O/c16-15(17)13-5-3-12(4-6-13)10-19(8-9-20)11-14-2-1-7-18-14/h3-6,14-15,18,20H,1-2,7-11H2. The Morgan fingerprint density at radius 3 is 2.60 bits per heavy atom. The molecule has 3 nitrogen and oxygen atoms in total. The van der Waals surface area contributed by atoms with E-state index in [1.165, 1.54) is 18.6 Å². The second-order valence-corrected chi connectivity index (χ2v) is 5.29. The fourth-order valence-corrected chi connectivity index (χ4v) is 2.63. The van der Waals surface area contributed by atoms with Crippen LogP contribution in [0.5, 0.6) is 0 Å². The molecular formula is C15H22F2N2O. The van der Waals surface area contributed by atoms with Crippen LogP contribution < -0.4 is 5.32 Å². The summed E-state index contributed by atoms with van der Waals surface area (Å²) >= 11 is 0. The zero-order valence-corrected chi connectivity index (χ0v) is 11.6. The van der Waals surface area contributed by atoms with Crippen LogP contribution in [0.3, 0.4) is 0 Å². The van der Waals surface area contributed by atoms with Crippen LogP contribution in [-0.2, 0) is 6.54 Å². The summed E-state index contributed by atoms with van der Waals surface area (Å²) in [5, 5.41) is 12.6. The van der Waals surface area contributed by atoms with Gasteiger partial charge in [0.1, 0.15) is 0 Å². The van der Waals surface area contributed by atoms with E-state index < -0.39 is 6.43 Å². The maximum absolute atomic E-state index is 12.5. The molecule has 1 aliphatic rings. The third kappa shape index (κ3) is 4.51. The maximum atomic E-state index is 12.5. The summed E-state index contributed by atoms with van der Waals surface area (Å²) < 4.78 is 25.0. The molecule has 0 aliphatic carbocycles. The zero-order chi connectivity index (χ0) is 14.4. The minimum Gasteiger partial charge on any atom is -0.395 e. The van der Waals surface area contributed by atoms with Gasteiger partial charge in [0.05, 0.1) is 6.61 Å². The van der Waals surface area contributed by atoms with E-state index in [1.54, 1.807) is 12.1 Å². The van der Waals surface area contributed by atoms with Gasteiger partial charge >= 0.3 is 0 Å². The molecular weight excluding hydrogens is 262 g/mol. The second-order valence-electron chi connectivity index (χ2n) is 5.29. The molecule has 0 amide bonds. The first-order valence-electron chi connectivity index (χ1n) is 7.12. The van der Waals surface area contributed by atoms with Crippen LogP contribution >= 0.6 is 0 Å². The lowest BCUT2D eigenvalue weighted by atomic mass is 10.1. The molecule has 5 heteroatoms. The summed E-state index contributed by atoms with van der Waals surface area (Å²) in [6.45, 7) is 3.34. The molecule has 0 saturated carbocycles. The highest BCUT2D eigenvalue weighted by atomic mass is 19.3. The van der Waals surface area contributed by atoms with Gasteiger partial charge in [0.2, 0.25) is 0 Å². The van der Waals surface area contributed by atoms with E-state index >= 15 is 0 Å². The molecule has 0 radical (unpaired) electrons. The molecule has 20 heavy (non-hydrogen) atoms. The Morgan fingerprint density at radius 1 is 1.30 bits per heavy atom. The molecule has 1 heterocycles. The average molecular weight is 284 g/mol. The summed E-state index contributed by atoms with van der Waals surface area (Å²) in [4.78, 5) is 2.17. The number of hydrogen-bond donors (Lipinski definition) is 2. The SMILES string of the molecule is OCCN(Cc1ccc(C(F)F)cc1)CC1CCCN1. The van der Waals surface area contributed by atoms with Crippen molar-refractivity contribution in [1.29, 1.82) is 0 Å². The molecule has 0 bridgehead atoms. The van der Waals surface area contributed by atoms with Gasteiger partial charge in [-0.25, -0.2) is 8.78 Å². The topological polar surface area (TPSA) is 35.5 Å². The average Bonchev–Trinajstić information content (AvgIpc) is 2.92. The molecule has 1 aromatic rings. The van der Waals surface area contributed by atoms with Gasteiger partial charge in [-0.05, 0) is 24.9 Å². The van der Waals surface area contributed by atoms with Gasteiger partial charge in [0.15, 0.2) is 0 Å². The van der Waals surface area contributed by atoms with Crippen molar-refractivity contribution in [3.05, 3.63) is 35.4 Å². The van der Waals surface area contributed by atoms with Crippen molar-refractivity contribution in [3.63, 3.8) is 0 Å². The number of halogens is 2. The molecule has 112 valence electrons. The first kappa shape index (κ1) is 15.4. The Morgan fingerprint density at radius 2 is 2.05 bits per heavy atom. The normalized spacial score (nSPS) is 19.1. The Labute approximate surface area is 118 Å². The van der Waals surface area contributed by atoms with Gasteiger partial charge in [-0.2, -0.15) is 0 Å². The minimum absolute atomic E-state index is 0.0555. The van der Waals surface area contributed by atoms with E-state index in [2.05, 4.69) is 10.2 Å². The maximum Gasteiger partial charge on any atom is 0.263 e. The number of nitrogens with zero attached hydrogens (tertiary/aromatic N) is 1. The molecule has 1 fully saturated rings. The zero-order valence-electron chi connectivity index (χ0n) is 11.6. The Bertz CT molecular complexity index is 391. The molecule has 1 saturated heterocycles. The van der Waals surface area contributed by atoms with Gasteiger partial charge in [-0.1, -0.05) is 24.3 Å². The molecule has 0 spiro atoms. The highest BCUT2D eigenvalue weighted by molar-refractivity contribution is 5.23. The summed E-state index contributed by atoms with van der Waals surface area (Å²) in [6.07, 6.45) is -0.0623. The molecule has 1 unspecified atom stereocenters. The van der Waals surface area contributed by atoms with Crippen molar-refractivity contribution in [1.82, 2.24) is 10.2 Å². The second kappa shape index (κ2) is 7.67. The first-order valence-corrected chi connectivity index (χ1v) is 7.12. The van der Waals surface area contributed by atoms with Crippen molar-refractivity contribution in [2.45, 2.75) is 31.9 Å². The smallest absolute Gasteiger partial charge is 0.263 e. The fraction of sp³-hybridized carbons (Fsp3) is 0.600. The van der Waals surface area contributed by atoms with Crippen LogP contribution in [0.25, 0.3) is 0 Å². The van der Waals surface area contributed by atoms with Gasteiger partial charge in [0.25, 0.3) is 6.43 Å². The summed E-state index contributed by atoms with van der Waals surface area (Å²) in [5.41, 5.74) is 1.06. The molecule has 1 aromatic carbocycles. The lowest BCUT2D eigenvalue weighted by molar-refractivity contribution is 0.151. The molecule has 2 rings (SSSR count). The number of hydrogen-bond acceptors (Lipinski definition) is 3. The summed E-state index contributed by atoms with van der Waals surface area (Å²) in [6, 6.07) is 6.92.